The molecule has 76 heavy (non-hydrogen) atoms. The molecule has 0 saturated carbocycles. The van der Waals surface area contributed by atoms with Gasteiger partial charge in [-0.25, -0.2) is 0 Å². The Kier molecular flexibility index (Phi) is 10.3. The van der Waals surface area contributed by atoms with Crippen LogP contribution in [0.4, 0.5) is 17.1 Å². The number of hydrogen-bond donors (Lipinski definition) is 0. The van der Waals surface area contributed by atoms with E-state index in [9.17, 15) is 0 Å². The van der Waals surface area contributed by atoms with E-state index in [0.717, 1.165) is 61.3 Å². The summed E-state index contributed by atoms with van der Waals surface area (Å²) < 4.78 is 9.08. The van der Waals surface area contributed by atoms with Gasteiger partial charge in [0, 0.05) is 53.4 Å². The minimum absolute atomic E-state index is 0.527. The van der Waals surface area contributed by atoms with Crippen molar-refractivity contribution in [2.24, 2.45) is 0 Å². The van der Waals surface area contributed by atoms with E-state index in [1.807, 2.05) is 23.5 Å². The topological polar surface area (TPSA) is 16.4 Å². The molecule has 14 aromatic rings. The lowest BCUT2D eigenvalue weighted by Gasteiger charge is -2.34. The van der Waals surface area contributed by atoms with Crippen molar-refractivity contribution >= 4 is 70.5 Å². The third-order valence-electron chi connectivity index (χ3n) is 15.8. The van der Waals surface area contributed by atoms with Gasteiger partial charge < -0.3 is 9.32 Å². The molecule has 0 radical (unpaired) electrons. The highest BCUT2D eigenvalue weighted by molar-refractivity contribution is 7.26. The Morgan fingerprint density at radius 3 is 1.43 bits per heavy atom. The predicted molar refractivity (Wildman–Crippen MR) is 320 cm³/mol. The van der Waals surface area contributed by atoms with Crippen LogP contribution in [0.25, 0.3) is 97.7 Å². The van der Waals surface area contributed by atoms with Crippen molar-refractivity contribution in [1.82, 2.24) is 0 Å². The van der Waals surface area contributed by atoms with Crippen molar-refractivity contribution < 1.29 is 4.42 Å². The number of anilines is 3. The van der Waals surface area contributed by atoms with Crippen molar-refractivity contribution in [2.75, 3.05) is 4.90 Å². The molecule has 356 valence electrons. The summed E-state index contributed by atoms with van der Waals surface area (Å²) in [7, 11) is 0. The summed E-state index contributed by atoms with van der Waals surface area (Å²) in [6.45, 7) is 0. The summed E-state index contributed by atoms with van der Waals surface area (Å²) in [6.07, 6.45) is 0. The third-order valence-corrected chi connectivity index (χ3v) is 17.0. The van der Waals surface area contributed by atoms with Crippen LogP contribution >= 0.6 is 11.3 Å². The van der Waals surface area contributed by atoms with E-state index in [-0.39, 0.29) is 0 Å². The van der Waals surface area contributed by atoms with Crippen LogP contribution in [-0.4, -0.2) is 0 Å². The first-order valence-corrected chi connectivity index (χ1v) is 26.9. The Morgan fingerprint density at radius 2 is 0.776 bits per heavy atom. The van der Waals surface area contributed by atoms with E-state index in [1.165, 1.54) is 75.8 Å². The Morgan fingerprint density at radius 1 is 0.316 bits per heavy atom. The second-order valence-electron chi connectivity index (χ2n) is 19.9. The molecule has 0 unspecified atom stereocenters. The predicted octanol–water partition coefficient (Wildman–Crippen LogP) is 20.5. The summed E-state index contributed by atoms with van der Waals surface area (Å²) in [6, 6.07) is 104. The van der Waals surface area contributed by atoms with Crippen molar-refractivity contribution in [3.63, 3.8) is 0 Å². The van der Waals surface area contributed by atoms with Gasteiger partial charge in [-0.05, 0) is 109 Å². The molecular formula is C73H47NOS. The maximum absolute atomic E-state index is 6.43. The molecule has 0 N–H and O–H groups in total. The van der Waals surface area contributed by atoms with Gasteiger partial charge in [-0.3, -0.25) is 0 Å². The van der Waals surface area contributed by atoms with E-state index < -0.39 is 5.41 Å². The van der Waals surface area contributed by atoms with Gasteiger partial charge >= 0.3 is 0 Å². The Hall–Kier alpha value is -9.54. The third kappa shape index (κ3) is 6.94. The summed E-state index contributed by atoms with van der Waals surface area (Å²) in [5.41, 5.74) is 21.5. The van der Waals surface area contributed by atoms with Crippen molar-refractivity contribution in [3.8, 4) is 55.6 Å². The molecular weight excluding hydrogens is 939 g/mol. The summed E-state index contributed by atoms with van der Waals surface area (Å²) in [5.74, 6) is 0. The van der Waals surface area contributed by atoms with Gasteiger partial charge in [0.15, 0.2) is 0 Å². The molecule has 0 bridgehead atoms. The molecule has 1 aliphatic carbocycles. The van der Waals surface area contributed by atoms with Crippen LogP contribution in [0.5, 0.6) is 0 Å². The number of rotatable bonds is 9. The molecule has 12 aromatic carbocycles. The Labute approximate surface area is 445 Å². The van der Waals surface area contributed by atoms with E-state index >= 15 is 0 Å². The number of fused-ring (bicyclic) bond motifs is 9. The number of furan rings is 1. The standard InChI is InChI=1S/C73H47NOS/c1-3-16-54(17-4-1)73(55-18-5-2-6-19-55)65-27-10-7-22-64(65)70-66(73)28-15-29-67(70)74(56-44-40-50(41-45-56)48-32-36-52(37-33-48)58-23-13-25-62-60-20-8-11-30-68(60)75-71(58)62)57-46-42-51(43-47-57)49-34-38-53(39-35-49)59-24-14-26-63-61-21-9-12-31-69(61)76-72(59)63/h1-47H. The van der Waals surface area contributed by atoms with E-state index in [4.69, 9.17) is 4.42 Å². The molecule has 15 rings (SSSR count). The zero-order chi connectivity index (χ0) is 50.2. The smallest absolute Gasteiger partial charge is 0.143 e. The summed E-state index contributed by atoms with van der Waals surface area (Å²) >= 11 is 1.88. The zero-order valence-corrected chi connectivity index (χ0v) is 42.2. The monoisotopic (exact) mass is 985 g/mol. The fourth-order valence-corrected chi connectivity index (χ4v) is 13.6. The molecule has 2 nitrogen and oxygen atoms in total. The molecule has 3 heteroatoms. The van der Waals surface area contributed by atoms with Crippen molar-refractivity contribution in [3.05, 3.63) is 307 Å². The van der Waals surface area contributed by atoms with Crippen LogP contribution in [0.1, 0.15) is 22.3 Å². The molecule has 0 saturated heterocycles. The molecule has 0 atom stereocenters. The maximum atomic E-state index is 6.43. The highest BCUT2D eigenvalue weighted by Crippen LogP contribution is 2.59. The zero-order valence-electron chi connectivity index (χ0n) is 41.4. The van der Waals surface area contributed by atoms with Crippen LogP contribution in [0.2, 0.25) is 0 Å². The van der Waals surface area contributed by atoms with E-state index in [0.29, 0.717) is 0 Å². The number of para-hydroxylation sites is 2. The number of hydrogen-bond acceptors (Lipinski definition) is 3. The van der Waals surface area contributed by atoms with Gasteiger partial charge in [0.25, 0.3) is 0 Å². The van der Waals surface area contributed by atoms with Crippen LogP contribution in [0.15, 0.2) is 290 Å². The van der Waals surface area contributed by atoms with Gasteiger partial charge in [0.1, 0.15) is 11.2 Å². The molecule has 2 aromatic heterocycles. The summed E-state index contributed by atoms with van der Waals surface area (Å²) in [4.78, 5) is 2.46. The minimum atomic E-state index is -0.527. The fraction of sp³-hybridized carbons (Fsp3) is 0.0137. The highest BCUT2D eigenvalue weighted by atomic mass is 32.1. The minimum Gasteiger partial charge on any atom is -0.455 e. The van der Waals surface area contributed by atoms with Crippen molar-refractivity contribution in [2.45, 2.75) is 5.41 Å². The molecule has 0 fully saturated rings. The maximum Gasteiger partial charge on any atom is 0.143 e. The average Bonchev–Trinajstić information content (AvgIpc) is 4.29. The lowest BCUT2D eigenvalue weighted by molar-refractivity contribution is 0.670. The second kappa shape index (κ2) is 17.8. The molecule has 1 aliphatic rings. The first kappa shape index (κ1) is 44.0. The Balaban J connectivity index is 0.836. The molecule has 2 heterocycles. The van der Waals surface area contributed by atoms with Crippen LogP contribution in [0.3, 0.4) is 0 Å². The number of nitrogens with zero attached hydrogens (tertiary/aromatic N) is 1. The fourth-order valence-electron chi connectivity index (χ4n) is 12.3. The molecule has 0 aliphatic heterocycles. The second-order valence-corrected chi connectivity index (χ2v) is 20.9. The van der Waals surface area contributed by atoms with Gasteiger partial charge in [0.05, 0.1) is 11.1 Å². The van der Waals surface area contributed by atoms with Gasteiger partial charge in [0.2, 0.25) is 0 Å². The summed E-state index contributed by atoms with van der Waals surface area (Å²) in [5, 5.41) is 4.91. The molecule has 0 spiro atoms. The van der Waals surface area contributed by atoms with Crippen LogP contribution in [-0.2, 0) is 5.41 Å². The lowest BCUT2D eigenvalue weighted by atomic mass is 9.68. The van der Waals surface area contributed by atoms with Gasteiger partial charge in [-0.2, -0.15) is 0 Å². The largest absolute Gasteiger partial charge is 0.455 e. The van der Waals surface area contributed by atoms with E-state index in [2.05, 4.69) is 278 Å². The normalized spacial score (nSPS) is 12.6. The van der Waals surface area contributed by atoms with Crippen LogP contribution < -0.4 is 4.90 Å². The van der Waals surface area contributed by atoms with Gasteiger partial charge in [-0.15, -0.1) is 11.3 Å². The first-order valence-electron chi connectivity index (χ1n) is 26.1. The van der Waals surface area contributed by atoms with Gasteiger partial charge in [-0.1, -0.05) is 243 Å². The highest BCUT2D eigenvalue weighted by Gasteiger charge is 2.47. The first-order chi connectivity index (χ1) is 37.7. The van der Waals surface area contributed by atoms with E-state index in [1.54, 1.807) is 0 Å². The quantitative estimate of drug-likeness (QED) is 0.143. The lowest BCUT2D eigenvalue weighted by Crippen LogP contribution is -2.28. The Bertz CT molecular complexity index is 4240. The van der Waals surface area contributed by atoms with Crippen molar-refractivity contribution in [1.29, 1.82) is 0 Å². The number of benzene rings is 12. The average molecular weight is 986 g/mol. The van der Waals surface area contributed by atoms with Crippen LogP contribution in [0, 0.1) is 0 Å². The number of thiophene rings is 1. The molecule has 0 amide bonds. The SMILES string of the molecule is c1ccc(C2(c3ccccc3)c3ccccc3-c3c(N(c4ccc(-c5ccc(-c6cccc7c6oc6ccccc67)cc5)cc4)c4ccc(-c5ccc(-c6cccc7c6sc6ccccc67)cc5)cc4)cccc32)cc1.